The van der Waals surface area contributed by atoms with E-state index in [-0.39, 0.29) is 17.7 Å². The average molecular weight is 443 g/mol. The highest BCUT2D eigenvalue weighted by atomic mass is 32.1. The molecule has 1 aliphatic rings. The minimum Gasteiger partial charge on any atom is -0.356 e. The predicted octanol–water partition coefficient (Wildman–Crippen LogP) is 3.66. The predicted molar refractivity (Wildman–Crippen MR) is 123 cm³/mol. The molecule has 1 heterocycles. The van der Waals surface area contributed by atoms with Gasteiger partial charge in [0.2, 0.25) is 11.8 Å². The van der Waals surface area contributed by atoms with Crippen LogP contribution in [0.4, 0.5) is 5.13 Å². The van der Waals surface area contributed by atoms with Crippen molar-refractivity contribution < 1.29 is 14.4 Å². The minimum atomic E-state index is -0.838. The van der Waals surface area contributed by atoms with E-state index in [0.29, 0.717) is 24.5 Å². The van der Waals surface area contributed by atoms with Crippen LogP contribution in [-0.2, 0) is 20.8 Å². The summed E-state index contributed by atoms with van der Waals surface area (Å²) in [6, 6.07) is 8.17. The van der Waals surface area contributed by atoms with Crippen molar-refractivity contribution in [2.75, 3.05) is 11.9 Å². The Balaban J connectivity index is 1.61. The Morgan fingerprint density at radius 1 is 1.03 bits per heavy atom. The third kappa shape index (κ3) is 6.37. The lowest BCUT2D eigenvalue weighted by Crippen LogP contribution is -2.57. The monoisotopic (exact) mass is 442 g/mol. The summed E-state index contributed by atoms with van der Waals surface area (Å²) in [4.78, 5) is 40.2. The molecule has 3 N–H and O–H groups in total. The smallest absolute Gasteiger partial charge is 0.251 e. The normalized spacial score (nSPS) is 15.2. The van der Waals surface area contributed by atoms with Gasteiger partial charge in [0, 0.05) is 31.3 Å². The summed E-state index contributed by atoms with van der Waals surface area (Å²) in [5.41, 5.74) is 2.15. The van der Waals surface area contributed by atoms with Crippen LogP contribution in [0.2, 0.25) is 0 Å². The van der Waals surface area contributed by atoms with Crippen LogP contribution >= 0.6 is 11.3 Å². The molecule has 1 aliphatic carbocycles. The summed E-state index contributed by atoms with van der Waals surface area (Å²) in [6.07, 6.45) is 6.02. The average Bonchev–Trinajstić information content (AvgIpc) is 3.20. The van der Waals surface area contributed by atoms with Crippen molar-refractivity contribution >= 4 is 34.2 Å². The van der Waals surface area contributed by atoms with Gasteiger partial charge in [-0.3, -0.25) is 19.7 Å². The van der Waals surface area contributed by atoms with Gasteiger partial charge in [-0.1, -0.05) is 43.5 Å². The first kappa shape index (κ1) is 22.9. The molecule has 1 fully saturated rings. The van der Waals surface area contributed by atoms with Gasteiger partial charge in [0.15, 0.2) is 5.13 Å². The number of carbonyl (C=O) groups is 3. The van der Waals surface area contributed by atoms with Gasteiger partial charge in [0.1, 0.15) is 5.54 Å². The number of thiazole rings is 1. The number of hydrogen-bond acceptors (Lipinski definition) is 5. The number of benzene rings is 1. The largest absolute Gasteiger partial charge is 0.356 e. The van der Waals surface area contributed by atoms with Crippen molar-refractivity contribution in [2.45, 2.75) is 64.3 Å². The number of rotatable bonds is 8. The van der Waals surface area contributed by atoms with E-state index >= 15 is 0 Å². The van der Waals surface area contributed by atoms with Crippen LogP contribution in [0.3, 0.4) is 0 Å². The van der Waals surface area contributed by atoms with Crippen LogP contribution < -0.4 is 16.0 Å². The van der Waals surface area contributed by atoms with Gasteiger partial charge in [0.05, 0.1) is 5.69 Å². The number of nitrogens with one attached hydrogen (secondary N) is 3. The van der Waals surface area contributed by atoms with E-state index in [4.69, 9.17) is 0 Å². The fourth-order valence-corrected chi connectivity index (χ4v) is 4.70. The van der Waals surface area contributed by atoms with E-state index in [2.05, 4.69) is 33.1 Å². The van der Waals surface area contributed by atoms with Gasteiger partial charge in [-0.05, 0) is 31.2 Å². The van der Waals surface area contributed by atoms with Crippen molar-refractivity contribution in [3.05, 3.63) is 35.2 Å². The zero-order chi connectivity index (χ0) is 22.3. The summed E-state index contributed by atoms with van der Waals surface area (Å²) in [7, 11) is 0. The highest BCUT2D eigenvalue weighted by molar-refractivity contribution is 7.14. The van der Waals surface area contributed by atoms with Crippen LogP contribution in [0.1, 0.15) is 57.9 Å². The van der Waals surface area contributed by atoms with E-state index in [1.54, 1.807) is 0 Å². The highest BCUT2D eigenvalue weighted by Gasteiger charge is 2.40. The molecule has 3 rings (SSSR count). The summed E-state index contributed by atoms with van der Waals surface area (Å²) in [6.45, 7) is 3.65. The summed E-state index contributed by atoms with van der Waals surface area (Å²) in [5, 5.41) is 11.1. The van der Waals surface area contributed by atoms with Crippen LogP contribution in [0.25, 0.3) is 11.3 Å². The Morgan fingerprint density at radius 2 is 1.74 bits per heavy atom. The van der Waals surface area contributed by atoms with Crippen molar-refractivity contribution in [1.82, 2.24) is 15.6 Å². The number of nitrogens with zero attached hydrogens (tertiary/aromatic N) is 1. The van der Waals surface area contributed by atoms with Gasteiger partial charge in [-0.2, -0.15) is 0 Å². The minimum absolute atomic E-state index is 0.00624. The molecule has 0 atom stereocenters. The number of hydrogen-bond donors (Lipinski definition) is 3. The zero-order valence-electron chi connectivity index (χ0n) is 18.1. The Kier molecular flexibility index (Phi) is 7.79. The molecule has 1 saturated carbocycles. The summed E-state index contributed by atoms with van der Waals surface area (Å²) < 4.78 is 0. The maximum atomic E-state index is 13.0. The molecule has 31 heavy (non-hydrogen) atoms. The van der Waals surface area contributed by atoms with Crippen LogP contribution in [0, 0.1) is 0 Å². The Hall–Kier alpha value is -2.74. The van der Waals surface area contributed by atoms with Gasteiger partial charge >= 0.3 is 0 Å². The quantitative estimate of drug-likeness (QED) is 0.543. The Bertz CT molecular complexity index is 917. The molecule has 0 spiro atoms. The summed E-state index contributed by atoms with van der Waals surface area (Å²) >= 11 is 1.38. The molecule has 0 unspecified atom stereocenters. The third-order valence-corrected chi connectivity index (χ3v) is 6.31. The molecule has 1 aromatic heterocycles. The lowest BCUT2D eigenvalue weighted by Gasteiger charge is -2.35. The number of anilines is 1. The van der Waals surface area contributed by atoms with E-state index in [0.717, 1.165) is 43.4 Å². The molecule has 8 heteroatoms. The second-order valence-electron chi connectivity index (χ2n) is 8.10. The molecular formula is C23H30N4O3S. The maximum absolute atomic E-state index is 13.0. The molecule has 0 radical (unpaired) electrons. The number of amides is 3. The SMILES string of the molecule is CC(=O)NCCCc1ccc(-c2csc(NC(=O)C3(NC(C)=O)CCCCC3)n2)cc1. The van der Waals surface area contributed by atoms with Crippen molar-refractivity contribution in [2.24, 2.45) is 0 Å². The molecule has 2 aromatic rings. The molecular weight excluding hydrogens is 412 g/mol. The number of carbonyl (C=O) groups excluding carboxylic acids is 3. The highest BCUT2D eigenvalue weighted by Crippen LogP contribution is 2.31. The van der Waals surface area contributed by atoms with Gasteiger partial charge in [-0.15, -0.1) is 11.3 Å². The summed E-state index contributed by atoms with van der Waals surface area (Å²) in [5.74, 6) is -0.375. The lowest BCUT2D eigenvalue weighted by molar-refractivity contribution is -0.130. The van der Waals surface area contributed by atoms with Crippen molar-refractivity contribution in [3.63, 3.8) is 0 Å². The van der Waals surface area contributed by atoms with Crippen molar-refractivity contribution in [1.29, 1.82) is 0 Å². The second kappa shape index (κ2) is 10.5. The number of aromatic nitrogens is 1. The Morgan fingerprint density at radius 3 is 2.39 bits per heavy atom. The molecule has 0 bridgehead atoms. The topological polar surface area (TPSA) is 100 Å². The van der Waals surface area contributed by atoms with E-state index in [1.807, 2.05) is 17.5 Å². The van der Waals surface area contributed by atoms with Gasteiger partial charge in [0.25, 0.3) is 5.91 Å². The first-order valence-corrected chi connectivity index (χ1v) is 11.7. The number of aryl methyl sites for hydroxylation is 1. The molecule has 3 amide bonds. The van der Waals surface area contributed by atoms with Crippen LogP contribution in [-0.4, -0.2) is 34.8 Å². The van der Waals surface area contributed by atoms with Gasteiger partial charge in [-0.25, -0.2) is 4.98 Å². The Labute approximate surface area is 187 Å². The van der Waals surface area contributed by atoms with Crippen molar-refractivity contribution in [3.8, 4) is 11.3 Å². The molecule has 166 valence electrons. The molecule has 0 saturated heterocycles. The molecule has 7 nitrogen and oxygen atoms in total. The fourth-order valence-electron chi connectivity index (χ4n) is 3.98. The molecule has 0 aliphatic heterocycles. The van der Waals surface area contributed by atoms with E-state index in [1.165, 1.54) is 30.7 Å². The van der Waals surface area contributed by atoms with E-state index < -0.39 is 5.54 Å². The maximum Gasteiger partial charge on any atom is 0.251 e. The lowest BCUT2D eigenvalue weighted by atomic mass is 9.81. The first-order valence-electron chi connectivity index (χ1n) is 10.8. The third-order valence-electron chi connectivity index (χ3n) is 5.55. The van der Waals surface area contributed by atoms with E-state index in [9.17, 15) is 14.4 Å². The van der Waals surface area contributed by atoms with Crippen LogP contribution in [0.15, 0.2) is 29.6 Å². The first-order chi connectivity index (χ1) is 14.9. The van der Waals surface area contributed by atoms with Crippen LogP contribution in [0.5, 0.6) is 0 Å². The molecule has 1 aromatic carbocycles. The fraction of sp³-hybridized carbons (Fsp3) is 0.478. The second-order valence-corrected chi connectivity index (χ2v) is 8.96. The van der Waals surface area contributed by atoms with Gasteiger partial charge < -0.3 is 10.6 Å². The zero-order valence-corrected chi connectivity index (χ0v) is 18.9. The standard InChI is InChI=1S/C23H30N4O3S/c1-16(28)24-14-6-7-18-8-10-19(11-9-18)20-15-31-22(25-20)26-21(30)23(27-17(2)29)12-4-3-5-13-23/h8-11,15H,3-7,12-14H2,1-2H3,(H,24,28)(H,27,29)(H,25,26,30).